The maximum absolute atomic E-state index is 5.79. The molecule has 98 valence electrons. The third-order valence-electron chi connectivity index (χ3n) is 3.60. The zero-order valence-electron chi connectivity index (χ0n) is 10.8. The van der Waals surface area contributed by atoms with Crippen molar-refractivity contribution in [2.24, 2.45) is 0 Å². The van der Waals surface area contributed by atoms with Gasteiger partial charge in [-0.05, 0) is 13.0 Å². The van der Waals surface area contributed by atoms with Crippen LogP contribution in [0.4, 0.5) is 5.69 Å². The molecule has 4 nitrogen and oxygen atoms in total. The number of hydrogen-bond acceptors (Lipinski definition) is 4. The molecule has 2 aliphatic heterocycles. The number of nitrogens with one attached hydrogen (secondary N) is 1. The lowest BCUT2D eigenvalue weighted by atomic mass is 10.1. The van der Waals surface area contributed by atoms with E-state index in [1.54, 1.807) is 0 Å². The van der Waals surface area contributed by atoms with Crippen molar-refractivity contribution >= 4 is 5.69 Å². The van der Waals surface area contributed by atoms with Crippen molar-refractivity contribution < 1.29 is 9.47 Å². The predicted octanol–water partition coefficient (Wildman–Crippen LogP) is 1.39. The molecule has 0 saturated carbocycles. The summed E-state index contributed by atoms with van der Waals surface area (Å²) in [4.78, 5) is 2.39. The molecule has 0 bridgehead atoms. The van der Waals surface area contributed by atoms with Crippen molar-refractivity contribution in [3.63, 3.8) is 0 Å². The summed E-state index contributed by atoms with van der Waals surface area (Å²) in [7, 11) is 0. The summed E-state index contributed by atoms with van der Waals surface area (Å²) in [5, 5.41) is 3.35. The zero-order chi connectivity index (χ0) is 12.4. The summed E-state index contributed by atoms with van der Waals surface area (Å²) in [6, 6.07) is 6.97. The van der Waals surface area contributed by atoms with Gasteiger partial charge in [0.15, 0.2) is 0 Å². The van der Waals surface area contributed by atoms with Crippen molar-refractivity contribution in [1.82, 2.24) is 5.32 Å². The molecular formula is C14H20N2O2. The largest absolute Gasteiger partial charge is 0.492 e. The zero-order valence-corrected chi connectivity index (χ0v) is 10.8. The van der Waals surface area contributed by atoms with Crippen LogP contribution in [0.2, 0.25) is 0 Å². The van der Waals surface area contributed by atoms with E-state index >= 15 is 0 Å². The molecule has 0 radical (unpaired) electrons. The number of hydrogen-bond donors (Lipinski definition) is 1. The highest BCUT2D eigenvalue weighted by atomic mass is 16.5. The Labute approximate surface area is 108 Å². The number of anilines is 1. The summed E-state index contributed by atoms with van der Waals surface area (Å²) in [5.41, 5.74) is 2.49. The van der Waals surface area contributed by atoms with Gasteiger partial charge in [-0.3, -0.25) is 0 Å². The van der Waals surface area contributed by atoms with Gasteiger partial charge in [0, 0.05) is 43.0 Å². The van der Waals surface area contributed by atoms with E-state index in [1.165, 1.54) is 11.3 Å². The number of rotatable bonds is 1. The number of morpholine rings is 1. The molecule has 0 aromatic heterocycles. The van der Waals surface area contributed by atoms with Crippen LogP contribution in [-0.2, 0) is 11.3 Å². The Balaban J connectivity index is 1.86. The standard InChI is InChI=1S/C14H20N2O2/c1-11-10-17-7-5-16(11)13-3-2-12-9-15-4-6-18-14(12)8-13/h2-3,8,11,15H,4-7,9-10H2,1H3/t11-/m0/s1. The molecule has 0 amide bonds. The van der Waals surface area contributed by atoms with E-state index in [4.69, 9.17) is 9.47 Å². The summed E-state index contributed by atoms with van der Waals surface area (Å²) in [6.45, 7) is 7.33. The van der Waals surface area contributed by atoms with Crippen molar-refractivity contribution in [2.45, 2.75) is 19.5 Å². The number of ether oxygens (including phenoxy) is 2. The lowest BCUT2D eigenvalue weighted by Gasteiger charge is -2.35. The molecule has 0 aliphatic carbocycles. The molecule has 1 aromatic rings. The second-order valence-corrected chi connectivity index (χ2v) is 4.93. The van der Waals surface area contributed by atoms with E-state index in [-0.39, 0.29) is 0 Å². The first-order valence-corrected chi connectivity index (χ1v) is 6.65. The van der Waals surface area contributed by atoms with Gasteiger partial charge in [-0.2, -0.15) is 0 Å². The summed E-state index contributed by atoms with van der Waals surface area (Å²) in [6.07, 6.45) is 0. The van der Waals surface area contributed by atoms with Gasteiger partial charge in [0.2, 0.25) is 0 Å². The first-order valence-electron chi connectivity index (χ1n) is 6.65. The highest BCUT2D eigenvalue weighted by molar-refractivity contribution is 5.55. The number of fused-ring (bicyclic) bond motifs is 1. The van der Waals surface area contributed by atoms with E-state index in [0.717, 1.165) is 45.2 Å². The molecule has 0 spiro atoms. The maximum Gasteiger partial charge on any atom is 0.125 e. The van der Waals surface area contributed by atoms with Crippen LogP contribution in [0.1, 0.15) is 12.5 Å². The average Bonchev–Trinajstić information content (AvgIpc) is 2.63. The first kappa shape index (κ1) is 11.8. The van der Waals surface area contributed by atoms with Gasteiger partial charge in [-0.25, -0.2) is 0 Å². The Morgan fingerprint density at radius 1 is 1.33 bits per heavy atom. The lowest BCUT2D eigenvalue weighted by molar-refractivity contribution is 0.0989. The van der Waals surface area contributed by atoms with Crippen LogP contribution in [-0.4, -0.2) is 39.0 Å². The Morgan fingerprint density at radius 2 is 2.28 bits per heavy atom. The summed E-state index contributed by atoms with van der Waals surface area (Å²) >= 11 is 0. The van der Waals surface area contributed by atoms with E-state index in [0.29, 0.717) is 6.04 Å². The van der Waals surface area contributed by atoms with Gasteiger partial charge in [0.1, 0.15) is 12.4 Å². The van der Waals surface area contributed by atoms with Gasteiger partial charge in [0.25, 0.3) is 0 Å². The normalized spacial score (nSPS) is 24.1. The van der Waals surface area contributed by atoms with Crippen molar-refractivity contribution in [3.05, 3.63) is 23.8 Å². The quantitative estimate of drug-likeness (QED) is 0.814. The van der Waals surface area contributed by atoms with Crippen LogP contribution in [0.5, 0.6) is 5.75 Å². The smallest absolute Gasteiger partial charge is 0.125 e. The van der Waals surface area contributed by atoms with Crippen molar-refractivity contribution in [1.29, 1.82) is 0 Å². The molecule has 2 aliphatic rings. The molecule has 1 saturated heterocycles. The number of benzene rings is 1. The Morgan fingerprint density at radius 3 is 3.17 bits per heavy atom. The topological polar surface area (TPSA) is 33.7 Å². The second-order valence-electron chi connectivity index (χ2n) is 4.93. The minimum atomic E-state index is 0.431. The van der Waals surface area contributed by atoms with Gasteiger partial charge >= 0.3 is 0 Å². The van der Waals surface area contributed by atoms with Crippen LogP contribution in [0, 0.1) is 0 Å². The van der Waals surface area contributed by atoms with Gasteiger partial charge < -0.3 is 19.7 Å². The SMILES string of the molecule is C[C@H]1COCCN1c1ccc2c(c1)OCCNC2. The molecule has 0 unspecified atom stereocenters. The highest BCUT2D eigenvalue weighted by Crippen LogP contribution is 2.28. The Kier molecular flexibility index (Phi) is 3.39. The van der Waals surface area contributed by atoms with Crippen LogP contribution < -0.4 is 15.0 Å². The molecule has 1 atom stereocenters. The van der Waals surface area contributed by atoms with E-state index in [9.17, 15) is 0 Å². The predicted molar refractivity (Wildman–Crippen MR) is 71.3 cm³/mol. The molecule has 18 heavy (non-hydrogen) atoms. The molecule has 1 N–H and O–H groups in total. The third-order valence-corrected chi connectivity index (χ3v) is 3.60. The molecular weight excluding hydrogens is 228 g/mol. The van der Waals surface area contributed by atoms with Gasteiger partial charge in [0.05, 0.1) is 13.2 Å². The fourth-order valence-corrected chi connectivity index (χ4v) is 2.57. The minimum absolute atomic E-state index is 0.431. The fraction of sp³-hybridized carbons (Fsp3) is 0.571. The van der Waals surface area contributed by atoms with Gasteiger partial charge in [-0.1, -0.05) is 6.07 Å². The molecule has 2 heterocycles. The van der Waals surface area contributed by atoms with Crippen LogP contribution >= 0.6 is 0 Å². The minimum Gasteiger partial charge on any atom is -0.492 e. The number of nitrogens with zero attached hydrogens (tertiary/aromatic N) is 1. The highest BCUT2D eigenvalue weighted by Gasteiger charge is 2.20. The molecule has 4 heteroatoms. The summed E-state index contributed by atoms with van der Waals surface area (Å²) < 4.78 is 11.3. The van der Waals surface area contributed by atoms with Crippen LogP contribution in [0.15, 0.2) is 18.2 Å². The van der Waals surface area contributed by atoms with E-state index in [1.807, 2.05) is 0 Å². The van der Waals surface area contributed by atoms with E-state index in [2.05, 4.69) is 35.3 Å². The average molecular weight is 248 g/mol. The fourth-order valence-electron chi connectivity index (χ4n) is 2.57. The van der Waals surface area contributed by atoms with Crippen molar-refractivity contribution in [3.8, 4) is 5.75 Å². The maximum atomic E-state index is 5.79. The van der Waals surface area contributed by atoms with E-state index < -0.39 is 0 Å². The van der Waals surface area contributed by atoms with Crippen LogP contribution in [0.3, 0.4) is 0 Å². The lowest BCUT2D eigenvalue weighted by Crippen LogP contribution is -2.43. The summed E-state index contributed by atoms with van der Waals surface area (Å²) in [5.74, 6) is 1.02. The third kappa shape index (κ3) is 2.31. The van der Waals surface area contributed by atoms with Crippen LogP contribution in [0.25, 0.3) is 0 Å². The molecule has 3 rings (SSSR count). The molecule has 1 fully saturated rings. The van der Waals surface area contributed by atoms with Crippen molar-refractivity contribution in [2.75, 3.05) is 37.8 Å². The second kappa shape index (κ2) is 5.16. The first-order chi connectivity index (χ1) is 8.84. The molecule has 1 aromatic carbocycles. The Bertz CT molecular complexity index is 422. The Hall–Kier alpha value is -1.26. The monoisotopic (exact) mass is 248 g/mol. The van der Waals surface area contributed by atoms with Gasteiger partial charge in [-0.15, -0.1) is 0 Å².